The maximum atomic E-state index is 14.3. The number of halogens is 2. The maximum absolute atomic E-state index is 14.3. The fourth-order valence-electron chi connectivity index (χ4n) is 3.21. The van der Waals surface area contributed by atoms with Crippen LogP contribution >= 0.6 is 15.9 Å². The van der Waals surface area contributed by atoms with Gasteiger partial charge in [-0.2, -0.15) is 0 Å². The molecule has 1 heterocycles. The summed E-state index contributed by atoms with van der Waals surface area (Å²) in [7, 11) is 0. The average Bonchev–Trinajstić information content (AvgIpc) is 2.72. The fourth-order valence-corrected chi connectivity index (χ4v) is 3.63. The van der Waals surface area contributed by atoms with Crippen molar-refractivity contribution >= 4 is 38.8 Å². The Hall–Kier alpha value is -1.47. The summed E-state index contributed by atoms with van der Waals surface area (Å²) < 4.78 is 16.8. The van der Waals surface area contributed by atoms with Crippen LogP contribution in [-0.4, -0.2) is 26.2 Å². The Labute approximate surface area is 148 Å². The minimum atomic E-state index is -1.12. The van der Waals surface area contributed by atoms with Crippen LogP contribution < -0.4 is 5.32 Å². The van der Waals surface area contributed by atoms with E-state index >= 15 is 0 Å². The molecule has 0 saturated heterocycles. The number of imidazole rings is 1. The van der Waals surface area contributed by atoms with Crippen molar-refractivity contribution in [2.24, 2.45) is 0 Å². The number of anilines is 1. The quantitative estimate of drug-likeness (QED) is 0.820. The summed E-state index contributed by atoms with van der Waals surface area (Å²) >= 11 is 3.32. The normalized spacial score (nSPS) is 16.9. The van der Waals surface area contributed by atoms with Gasteiger partial charge >= 0.3 is 0 Å². The molecule has 1 amide bonds. The van der Waals surface area contributed by atoms with Crippen LogP contribution in [0.15, 0.2) is 16.6 Å². The number of nitrogens with zero attached hydrogens (tertiary/aromatic N) is 2. The Bertz CT molecular complexity index is 806. The van der Waals surface area contributed by atoms with Crippen LogP contribution in [0, 0.1) is 5.82 Å². The fraction of sp³-hybridized carbons (Fsp3) is 0.529. The molecule has 3 rings (SSSR count). The van der Waals surface area contributed by atoms with Crippen LogP contribution in [-0.2, 0) is 10.3 Å². The zero-order valence-electron chi connectivity index (χ0n) is 14.0. The summed E-state index contributed by atoms with van der Waals surface area (Å²) in [6.07, 6.45) is 2.92. The molecular weight excluding hydrogens is 377 g/mol. The van der Waals surface area contributed by atoms with E-state index in [4.69, 9.17) is 0 Å². The average molecular weight is 398 g/mol. The minimum absolute atomic E-state index is 0.0565. The number of amides is 1. The van der Waals surface area contributed by atoms with Crippen molar-refractivity contribution in [1.82, 2.24) is 9.55 Å². The van der Waals surface area contributed by atoms with Crippen LogP contribution in [0.2, 0.25) is 0 Å². The Morgan fingerprint density at radius 1 is 1.50 bits per heavy atom. The molecule has 1 aromatic heterocycles. The zero-order valence-corrected chi connectivity index (χ0v) is 15.6. The van der Waals surface area contributed by atoms with Gasteiger partial charge in [-0.15, -0.1) is 0 Å². The number of rotatable bonds is 4. The molecule has 0 bridgehead atoms. The SMILES string of the molecule is CC(C)(O)CC(=O)Nc1nc2c(F)cc(Br)cc2n1C1(C)CCC1. The van der Waals surface area contributed by atoms with E-state index < -0.39 is 11.4 Å². The number of aliphatic hydroxyl groups is 1. The smallest absolute Gasteiger partial charge is 0.229 e. The third kappa shape index (κ3) is 3.19. The van der Waals surface area contributed by atoms with Crippen molar-refractivity contribution in [3.05, 3.63) is 22.4 Å². The van der Waals surface area contributed by atoms with Gasteiger partial charge in [0.25, 0.3) is 0 Å². The lowest BCUT2D eigenvalue weighted by Gasteiger charge is -2.41. The first-order chi connectivity index (χ1) is 11.1. The van der Waals surface area contributed by atoms with E-state index in [1.54, 1.807) is 13.8 Å². The number of nitrogens with one attached hydrogen (secondary N) is 1. The molecule has 1 aliphatic rings. The van der Waals surface area contributed by atoms with Crippen LogP contribution in [0.5, 0.6) is 0 Å². The summed E-state index contributed by atoms with van der Waals surface area (Å²) in [6.45, 7) is 5.22. The summed E-state index contributed by atoms with van der Waals surface area (Å²) in [4.78, 5) is 16.5. The van der Waals surface area contributed by atoms with E-state index in [1.165, 1.54) is 6.07 Å². The van der Waals surface area contributed by atoms with E-state index in [0.29, 0.717) is 15.9 Å². The zero-order chi connectivity index (χ0) is 17.7. The summed E-state index contributed by atoms with van der Waals surface area (Å²) in [5, 5.41) is 12.6. The monoisotopic (exact) mass is 397 g/mol. The Kier molecular flexibility index (Phi) is 4.20. The first kappa shape index (κ1) is 17.4. The molecule has 2 N–H and O–H groups in total. The number of hydrogen-bond donors (Lipinski definition) is 2. The number of aromatic nitrogens is 2. The number of fused-ring (bicyclic) bond motifs is 1. The predicted octanol–water partition coefficient (Wildman–Crippen LogP) is 3.94. The number of carbonyl (C=O) groups excluding carboxylic acids is 1. The number of carbonyl (C=O) groups is 1. The summed E-state index contributed by atoms with van der Waals surface area (Å²) in [5.74, 6) is -0.445. The van der Waals surface area contributed by atoms with Crippen LogP contribution in [0.1, 0.15) is 46.5 Å². The second kappa shape index (κ2) is 5.81. The number of benzene rings is 1. The first-order valence-electron chi connectivity index (χ1n) is 7.99. The first-order valence-corrected chi connectivity index (χ1v) is 8.79. The molecule has 1 fully saturated rings. The van der Waals surface area contributed by atoms with Crippen LogP contribution in [0.25, 0.3) is 11.0 Å². The lowest BCUT2D eigenvalue weighted by Crippen LogP contribution is -2.38. The van der Waals surface area contributed by atoms with E-state index in [2.05, 4.69) is 33.2 Å². The number of hydrogen-bond acceptors (Lipinski definition) is 3. The Balaban J connectivity index is 2.08. The molecule has 130 valence electrons. The van der Waals surface area contributed by atoms with Gasteiger partial charge in [0.1, 0.15) is 5.52 Å². The highest BCUT2D eigenvalue weighted by Gasteiger charge is 2.37. The summed E-state index contributed by atoms with van der Waals surface area (Å²) in [5.41, 5.74) is -0.415. The molecule has 0 radical (unpaired) electrons. The molecule has 7 heteroatoms. The largest absolute Gasteiger partial charge is 0.390 e. The van der Waals surface area contributed by atoms with Crippen LogP contribution in [0.4, 0.5) is 10.3 Å². The lowest BCUT2D eigenvalue weighted by molar-refractivity contribution is -0.119. The van der Waals surface area contributed by atoms with Gasteiger partial charge in [-0.05, 0) is 52.2 Å². The van der Waals surface area contributed by atoms with Gasteiger partial charge in [0.15, 0.2) is 5.82 Å². The maximum Gasteiger partial charge on any atom is 0.229 e. The van der Waals surface area contributed by atoms with E-state index in [9.17, 15) is 14.3 Å². The Morgan fingerprint density at radius 3 is 2.71 bits per heavy atom. The van der Waals surface area contributed by atoms with Gasteiger partial charge in [0, 0.05) is 10.0 Å². The molecule has 0 atom stereocenters. The molecule has 0 unspecified atom stereocenters. The highest BCUT2D eigenvalue weighted by atomic mass is 79.9. The topological polar surface area (TPSA) is 67.2 Å². The molecular formula is C17H21BrFN3O2. The van der Waals surface area contributed by atoms with Crippen molar-refractivity contribution in [3.8, 4) is 0 Å². The van der Waals surface area contributed by atoms with Crippen molar-refractivity contribution < 1.29 is 14.3 Å². The van der Waals surface area contributed by atoms with Crippen molar-refractivity contribution in [1.29, 1.82) is 0 Å². The van der Waals surface area contributed by atoms with Gasteiger partial charge in [-0.25, -0.2) is 9.37 Å². The van der Waals surface area contributed by atoms with Gasteiger partial charge < -0.3 is 9.67 Å². The molecule has 0 spiro atoms. The van der Waals surface area contributed by atoms with Crippen molar-refractivity contribution in [2.45, 2.75) is 57.6 Å². The van der Waals surface area contributed by atoms with Gasteiger partial charge in [-0.3, -0.25) is 10.1 Å². The van der Waals surface area contributed by atoms with Gasteiger partial charge in [0.2, 0.25) is 11.9 Å². The van der Waals surface area contributed by atoms with Gasteiger partial charge in [0.05, 0.1) is 17.5 Å². The second-order valence-corrected chi connectivity index (χ2v) is 8.33. The molecule has 0 aliphatic heterocycles. The van der Waals surface area contributed by atoms with Crippen molar-refractivity contribution in [2.75, 3.05) is 5.32 Å². The van der Waals surface area contributed by atoms with Crippen molar-refractivity contribution in [3.63, 3.8) is 0 Å². The molecule has 24 heavy (non-hydrogen) atoms. The van der Waals surface area contributed by atoms with Gasteiger partial charge in [-0.1, -0.05) is 15.9 Å². The van der Waals surface area contributed by atoms with Crippen LogP contribution in [0.3, 0.4) is 0 Å². The molecule has 1 saturated carbocycles. The molecule has 2 aromatic rings. The summed E-state index contributed by atoms with van der Waals surface area (Å²) in [6, 6.07) is 3.19. The third-order valence-corrected chi connectivity index (χ3v) is 4.95. The minimum Gasteiger partial charge on any atom is -0.390 e. The third-order valence-electron chi connectivity index (χ3n) is 4.49. The molecule has 1 aromatic carbocycles. The van der Waals surface area contributed by atoms with E-state index in [-0.39, 0.29) is 23.4 Å². The molecule has 1 aliphatic carbocycles. The Morgan fingerprint density at radius 2 is 2.17 bits per heavy atom. The second-order valence-electron chi connectivity index (χ2n) is 7.41. The predicted molar refractivity (Wildman–Crippen MR) is 94.4 cm³/mol. The van der Waals surface area contributed by atoms with E-state index in [1.807, 2.05) is 10.6 Å². The lowest BCUT2D eigenvalue weighted by atomic mass is 9.78. The highest BCUT2D eigenvalue weighted by Crippen LogP contribution is 2.43. The standard InChI is InChI=1S/C17H21BrFN3O2/c1-16(2,24)9-13(23)20-15-21-14-11(19)7-10(18)8-12(14)22(15)17(3)5-4-6-17/h7-8,24H,4-6,9H2,1-3H3,(H,20,21,23). The molecule has 5 nitrogen and oxygen atoms in total. The van der Waals surface area contributed by atoms with E-state index in [0.717, 1.165) is 19.3 Å². The highest BCUT2D eigenvalue weighted by molar-refractivity contribution is 9.10.